The minimum absolute atomic E-state index is 0.0311. The lowest BCUT2D eigenvalue weighted by Gasteiger charge is -2.12. The lowest BCUT2D eigenvalue weighted by atomic mass is 10.1. The predicted octanol–water partition coefficient (Wildman–Crippen LogP) is 5.23. The zero-order chi connectivity index (χ0) is 24.2. The molecule has 0 radical (unpaired) electrons. The topological polar surface area (TPSA) is 92.1 Å². The number of nitrogens with zero attached hydrogens (tertiary/aromatic N) is 3. The van der Waals surface area contributed by atoms with Crippen LogP contribution in [-0.4, -0.2) is 32.1 Å². The van der Waals surface area contributed by atoms with Crippen molar-refractivity contribution in [3.63, 3.8) is 0 Å². The summed E-state index contributed by atoms with van der Waals surface area (Å²) in [5.41, 5.74) is 2.24. The van der Waals surface area contributed by atoms with Crippen LogP contribution in [0.2, 0.25) is 10.0 Å². The highest BCUT2D eigenvalue weighted by Gasteiger charge is 2.14. The Bertz CT molecular complexity index is 1340. The number of aryl methyl sites for hydroxylation is 1. The molecule has 174 valence electrons. The third-order valence-electron chi connectivity index (χ3n) is 5.01. The van der Waals surface area contributed by atoms with E-state index in [0.29, 0.717) is 27.7 Å². The molecule has 0 saturated carbocycles. The maximum absolute atomic E-state index is 13.3. The molecule has 34 heavy (non-hydrogen) atoms. The Morgan fingerprint density at radius 2 is 2.03 bits per heavy atom. The van der Waals surface area contributed by atoms with Gasteiger partial charge >= 0.3 is 0 Å². The molecule has 1 atom stereocenters. The van der Waals surface area contributed by atoms with Gasteiger partial charge in [0.05, 0.1) is 22.4 Å². The summed E-state index contributed by atoms with van der Waals surface area (Å²) in [7, 11) is 0. The van der Waals surface area contributed by atoms with E-state index in [9.17, 15) is 14.3 Å². The van der Waals surface area contributed by atoms with Gasteiger partial charge in [0.15, 0.2) is 0 Å². The van der Waals surface area contributed by atoms with Gasteiger partial charge in [-0.15, -0.1) is 0 Å². The maximum atomic E-state index is 13.3. The van der Waals surface area contributed by atoms with Crippen LogP contribution in [0.4, 0.5) is 16.0 Å². The van der Waals surface area contributed by atoms with Gasteiger partial charge in [-0.2, -0.15) is 4.98 Å². The van der Waals surface area contributed by atoms with Gasteiger partial charge in [-0.1, -0.05) is 35.3 Å². The van der Waals surface area contributed by atoms with Crippen LogP contribution >= 0.6 is 23.2 Å². The Kier molecular flexibility index (Phi) is 7.12. The molecular weight excluding hydrogens is 480 g/mol. The van der Waals surface area contributed by atoms with Crippen molar-refractivity contribution in [1.29, 1.82) is 0 Å². The number of aromatic nitrogens is 3. The first kappa shape index (κ1) is 23.7. The Hall–Kier alpha value is -3.46. The van der Waals surface area contributed by atoms with E-state index in [0.717, 1.165) is 5.56 Å². The fourth-order valence-electron chi connectivity index (χ4n) is 3.25. The number of carbonyl (C=O) groups is 1. The molecule has 0 aliphatic carbocycles. The standard InChI is InChI=1S/C24H20Cl2FN5O2/c1-14-11-29-24(30-20-6-5-18(27)10-19(20)26)31-22(14)32-8-7-16(13-32)23(34)28-12-21(33)15-3-2-4-17(25)9-15/h2-11,13,21,33H,12H2,1H3,(H,28,34)(H,29,30,31)/t21-/m0/s1. The number of halogens is 3. The number of hydrogen-bond donors (Lipinski definition) is 3. The van der Waals surface area contributed by atoms with E-state index < -0.39 is 11.9 Å². The molecule has 0 bridgehead atoms. The molecular formula is C24H20Cl2FN5O2. The molecule has 0 spiro atoms. The van der Waals surface area contributed by atoms with E-state index in [1.54, 1.807) is 53.5 Å². The zero-order valence-corrected chi connectivity index (χ0v) is 19.5. The molecule has 3 N–H and O–H groups in total. The fourth-order valence-corrected chi connectivity index (χ4v) is 3.66. The van der Waals surface area contributed by atoms with Gasteiger partial charge in [-0.25, -0.2) is 9.37 Å². The predicted molar refractivity (Wildman–Crippen MR) is 130 cm³/mol. The number of nitrogens with one attached hydrogen (secondary N) is 2. The normalized spacial score (nSPS) is 11.8. The summed E-state index contributed by atoms with van der Waals surface area (Å²) in [6.45, 7) is 1.87. The first-order valence-corrected chi connectivity index (χ1v) is 11.0. The van der Waals surface area contributed by atoms with Crippen molar-refractivity contribution in [2.24, 2.45) is 0 Å². The van der Waals surface area contributed by atoms with Gasteiger partial charge in [0, 0.05) is 35.7 Å². The lowest BCUT2D eigenvalue weighted by molar-refractivity contribution is 0.0916. The number of carbonyl (C=O) groups excluding carboxylic acids is 1. The van der Waals surface area contributed by atoms with Crippen LogP contribution in [-0.2, 0) is 0 Å². The second-order valence-corrected chi connectivity index (χ2v) is 8.38. The van der Waals surface area contributed by atoms with Crippen LogP contribution in [0.15, 0.2) is 67.1 Å². The molecule has 0 fully saturated rings. The van der Waals surface area contributed by atoms with E-state index in [1.807, 2.05) is 6.92 Å². The van der Waals surface area contributed by atoms with Crippen LogP contribution in [0.25, 0.3) is 5.82 Å². The van der Waals surface area contributed by atoms with Crippen molar-refractivity contribution >= 4 is 40.7 Å². The summed E-state index contributed by atoms with van der Waals surface area (Å²) in [5, 5.41) is 16.7. The molecule has 7 nitrogen and oxygen atoms in total. The molecule has 10 heteroatoms. The summed E-state index contributed by atoms with van der Waals surface area (Å²) in [6.07, 6.45) is 4.07. The highest BCUT2D eigenvalue weighted by molar-refractivity contribution is 6.33. The van der Waals surface area contributed by atoms with E-state index in [4.69, 9.17) is 23.2 Å². The van der Waals surface area contributed by atoms with Gasteiger partial charge in [0.25, 0.3) is 5.91 Å². The monoisotopic (exact) mass is 499 g/mol. The Morgan fingerprint density at radius 1 is 1.21 bits per heavy atom. The number of anilines is 2. The maximum Gasteiger partial charge on any atom is 0.252 e. The van der Waals surface area contributed by atoms with E-state index >= 15 is 0 Å². The molecule has 0 unspecified atom stereocenters. The molecule has 2 aromatic heterocycles. The molecule has 2 aromatic carbocycles. The first-order valence-electron chi connectivity index (χ1n) is 10.3. The molecule has 0 saturated heterocycles. The highest BCUT2D eigenvalue weighted by atomic mass is 35.5. The van der Waals surface area contributed by atoms with Crippen LogP contribution in [0.3, 0.4) is 0 Å². The number of amides is 1. The number of rotatable bonds is 7. The van der Waals surface area contributed by atoms with Gasteiger partial charge in [-0.3, -0.25) is 4.79 Å². The number of benzene rings is 2. The van der Waals surface area contributed by atoms with Crippen molar-refractivity contribution in [2.75, 3.05) is 11.9 Å². The summed E-state index contributed by atoms with van der Waals surface area (Å²) in [5.74, 6) is 0.0227. The minimum atomic E-state index is -0.888. The van der Waals surface area contributed by atoms with Crippen LogP contribution < -0.4 is 10.6 Å². The molecule has 4 aromatic rings. The van der Waals surface area contributed by atoms with E-state index in [-0.39, 0.29) is 23.4 Å². The first-order chi connectivity index (χ1) is 16.3. The van der Waals surface area contributed by atoms with Crippen LogP contribution in [0.5, 0.6) is 0 Å². The quantitative estimate of drug-likeness (QED) is 0.323. The van der Waals surface area contributed by atoms with E-state index in [1.165, 1.54) is 18.2 Å². The smallest absolute Gasteiger partial charge is 0.252 e. The SMILES string of the molecule is Cc1cnc(Nc2ccc(F)cc2Cl)nc1-n1ccc(C(=O)NC[C@H](O)c2cccc(Cl)c2)c1. The Labute approximate surface area is 205 Å². The summed E-state index contributed by atoms with van der Waals surface area (Å²) < 4.78 is 15.0. The lowest BCUT2D eigenvalue weighted by Crippen LogP contribution is -2.28. The van der Waals surface area contributed by atoms with Gasteiger partial charge in [0.1, 0.15) is 11.6 Å². The zero-order valence-electron chi connectivity index (χ0n) is 18.0. The summed E-state index contributed by atoms with van der Waals surface area (Å²) in [4.78, 5) is 21.3. The Balaban J connectivity index is 1.46. The summed E-state index contributed by atoms with van der Waals surface area (Å²) in [6, 6.07) is 12.5. The van der Waals surface area contributed by atoms with Gasteiger partial charge in [-0.05, 0) is 48.9 Å². The van der Waals surface area contributed by atoms with E-state index in [2.05, 4.69) is 20.6 Å². The minimum Gasteiger partial charge on any atom is -0.387 e. The molecule has 0 aliphatic heterocycles. The third-order valence-corrected chi connectivity index (χ3v) is 5.56. The second kappa shape index (κ2) is 10.2. The summed E-state index contributed by atoms with van der Waals surface area (Å²) >= 11 is 12.0. The molecule has 2 heterocycles. The Morgan fingerprint density at radius 3 is 2.79 bits per heavy atom. The largest absolute Gasteiger partial charge is 0.387 e. The highest BCUT2D eigenvalue weighted by Crippen LogP contribution is 2.25. The third kappa shape index (κ3) is 5.53. The van der Waals surface area contributed by atoms with Crippen LogP contribution in [0, 0.1) is 12.7 Å². The fraction of sp³-hybridized carbons (Fsp3) is 0.125. The van der Waals surface area contributed by atoms with Crippen molar-refractivity contribution in [1.82, 2.24) is 19.9 Å². The van der Waals surface area contributed by atoms with Crippen LogP contribution in [0.1, 0.15) is 27.6 Å². The van der Waals surface area contributed by atoms with Gasteiger partial charge < -0.3 is 20.3 Å². The van der Waals surface area contributed by atoms with Crippen molar-refractivity contribution in [2.45, 2.75) is 13.0 Å². The second-order valence-electron chi connectivity index (χ2n) is 7.54. The number of aliphatic hydroxyl groups is 1. The molecule has 1 amide bonds. The molecule has 4 rings (SSSR count). The van der Waals surface area contributed by atoms with Crippen molar-refractivity contribution in [3.05, 3.63) is 99.7 Å². The number of hydrogen-bond acceptors (Lipinski definition) is 5. The molecule has 0 aliphatic rings. The van der Waals surface area contributed by atoms with Crippen molar-refractivity contribution in [3.8, 4) is 5.82 Å². The van der Waals surface area contributed by atoms with Crippen molar-refractivity contribution < 1.29 is 14.3 Å². The average Bonchev–Trinajstić information content (AvgIpc) is 3.30. The average molecular weight is 500 g/mol. The van der Waals surface area contributed by atoms with Gasteiger partial charge in [0.2, 0.25) is 5.95 Å². The number of aliphatic hydroxyl groups excluding tert-OH is 1.